The van der Waals surface area contributed by atoms with Gasteiger partial charge in [0.2, 0.25) is 0 Å². The van der Waals surface area contributed by atoms with Crippen LogP contribution in [0.5, 0.6) is 0 Å². The van der Waals surface area contributed by atoms with E-state index in [1.165, 1.54) is 12.7 Å². The number of hydrogen-bond acceptors (Lipinski definition) is 6. The number of ether oxygens (including phenoxy) is 3. The Morgan fingerprint density at radius 1 is 1.29 bits per heavy atom. The maximum atomic E-state index is 13.1. The van der Waals surface area contributed by atoms with Crippen molar-refractivity contribution in [2.75, 3.05) is 40.5 Å². The van der Waals surface area contributed by atoms with Gasteiger partial charge in [0, 0.05) is 49.3 Å². The van der Waals surface area contributed by atoms with Crippen LogP contribution < -0.4 is 0 Å². The fourth-order valence-corrected chi connectivity index (χ4v) is 8.29. The van der Waals surface area contributed by atoms with Gasteiger partial charge in [-0.3, -0.25) is 9.59 Å². The molecule has 0 aromatic rings. The highest BCUT2D eigenvalue weighted by molar-refractivity contribution is 6.01. The molecule has 2 saturated heterocycles. The third kappa shape index (κ3) is 2.80. The van der Waals surface area contributed by atoms with Gasteiger partial charge in [-0.2, -0.15) is 0 Å². The lowest BCUT2D eigenvalue weighted by molar-refractivity contribution is -0.302. The van der Waals surface area contributed by atoms with Gasteiger partial charge >= 0.3 is 5.97 Å². The second-order valence-corrected chi connectivity index (χ2v) is 10.6. The van der Waals surface area contributed by atoms with Gasteiger partial charge in [-0.25, -0.2) is 0 Å². The molecule has 0 N–H and O–H groups in total. The SMILES string of the molecule is CCO[C@]1(CC)CC[C@]2(CO1)[C@@H]1CCC3=C4[C@@H](CC3=O)[C@H](C(=O)OC)C[C@@]42CN(C)C1. The van der Waals surface area contributed by atoms with E-state index in [-0.39, 0.29) is 34.4 Å². The largest absolute Gasteiger partial charge is 0.469 e. The Morgan fingerprint density at radius 2 is 2.10 bits per heavy atom. The van der Waals surface area contributed by atoms with Crippen LogP contribution in [0.25, 0.3) is 0 Å². The summed E-state index contributed by atoms with van der Waals surface area (Å²) < 4.78 is 18.0. The van der Waals surface area contributed by atoms with Crippen molar-refractivity contribution in [3.63, 3.8) is 0 Å². The minimum Gasteiger partial charge on any atom is -0.469 e. The molecule has 6 nitrogen and oxygen atoms in total. The highest BCUT2D eigenvalue weighted by atomic mass is 16.7. The number of allylic oxidation sites excluding steroid dienone is 1. The van der Waals surface area contributed by atoms with E-state index in [4.69, 9.17) is 14.2 Å². The summed E-state index contributed by atoms with van der Waals surface area (Å²) >= 11 is 0. The predicted octanol–water partition coefficient (Wildman–Crippen LogP) is 3.35. The van der Waals surface area contributed by atoms with E-state index in [9.17, 15) is 9.59 Å². The summed E-state index contributed by atoms with van der Waals surface area (Å²) in [6, 6.07) is 0. The summed E-state index contributed by atoms with van der Waals surface area (Å²) in [5, 5.41) is 0. The fraction of sp³-hybridized carbons (Fsp3) is 0.840. The Labute approximate surface area is 185 Å². The molecule has 0 amide bonds. The minimum atomic E-state index is -0.494. The molecule has 1 saturated carbocycles. The standard InChI is InChI=1S/C25H37NO5/c1-5-25(30-6-2)10-9-23(15-31-25)16-7-8-17-20(27)11-18-19(22(28)29-4)12-24(23,21(17)18)14-26(3)13-16/h16,18-19H,5-15H2,1-4H3/t16-,18+,19-,23+,24-,25+/m1/s1. The van der Waals surface area contributed by atoms with Gasteiger partial charge in [0.25, 0.3) is 0 Å². The van der Waals surface area contributed by atoms with E-state index in [0.29, 0.717) is 25.6 Å². The summed E-state index contributed by atoms with van der Waals surface area (Å²) in [4.78, 5) is 28.4. The molecule has 2 aliphatic heterocycles. The zero-order valence-electron chi connectivity index (χ0n) is 19.5. The van der Waals surface area contributed by atoms with Crippen molar-refractivity contribution in [2.24, 2.45) is 28.6 Å². The molecule has 0 unspecified atom stereocenters. The maximum Gasteiger partial charge on any atom is 0.309 e. The summed E-state index contributed by atoms with van der Waals surface area (Å²) in [5.74, 6) is -0.116. The van der Waals surface area contributed by atoms with Crippen molar-refractivity contribution in [1.82, 2.24) is 4.90 Å². The van der Waals surface area contributed by atoms with Gasteiger partial charge in [-0.1, -0.05) is 12.5 Å². The van der Waals surface area contributed by atoms with Crippen LogP contribution in [0.15, 0.2) is 11.1 Å². The highest BCUT2D eigenvalue weighted by Crippen LogP contribution is 2.71. The number of piperidine rings is 1. The first-order chi connectivity index (χ1) is 14.9. The van der Waals surface area contributed by atoms with Crippen LogP contribution in [-0.2, 0) is 23.8 Å². The Bertz CT molecular complexity index is 811. The number of hydrogen-bond donors (Lipinski definition) is 0. The van der Waals surface area contributed by atoms with Crippen molar-refractivity contribution >= 4 is 11.8 Å². The van der Waals surface area contributed by atoms with Gasteiger partial charge in [-0.15, -0.1) is 0 Å². The van der Waals surface area contributed by atoms with Crippen LogP contribution in [0.3, 0.4) is 0 Å². The first-order valence-corrected chi connectivity index (χ1v) is 12.2. The molecule has 2 bridgehead atoms. The molecule has 3 aliphatic carbocycles. The fourth-order valence-electron chi connectivity index (χ4n) is 8.29. The quantitative estimate of drug-likeness (QED) is 0.636. The molecule has 31 heavy (non-hydrogen) atoms. The lowest BCUT2D eigenvalue weighted by atomic mass is 9.50. The highest BCUT2D eigenvalue weighted by Gasteiger charge is 2.70. The van der Waals surface area contributed by atoms with E-state index in [0.717, 1.165) is 57.2 Å². The van der Waals surface area contributed by atoms with Crippen LogP contribution in [0.1, 0.15) is 58.8 Å². The number of Topliss-reactive ketones (excluding diaryl/α,β-unsaturated/α-hetero) is 1. The molecule has 5 aliphatic rings. The first kappa shape index (κ1) is 21.6. The minimum absolute atomic E-state index is 0.0156. The molecule has 5 rings (SSSR count). The average Bonchev–Trinajstić information content (AvgIpc) is 3.23. The van der Waals surface area contributed by atoms with Crippen molar-refractivity contribution < 1.29 is 23.8 Å². The van der Waals surface area contributed by atoms with E-state index in [1.807, 2.05) is 6.92 Å². The van der Waals surface area contributed by atoms with E-state index >= 15 is 0 Å². The normalized spacial score (nSPS) is 44.5. The van der Waals surface area contributed by atoms with Gasteiger partial charge in [-0.05, 0) is 57.6 Å². The first-order valence-electron chi connectivity index (χ1n) is 12.2. The van der Waals surface area contributed by atoms with Crippen LogP contribution >= 0.6 is 0 Å². The third-order valence-corrected chi connectivity index (χ3v) is 9.55. The Kier molecular flexibility index (Phi) is 5.15. The molecule has 2 spiro atoms. The molecular formula is C25H37NO5. The number of ketones is 1. The van der Waals surface area contributed by atoms with E-state index in [1.54, 1.807) is 0 Å². The Morgan fingerprint density at radius 3 is 2.74 bits per heavy atom. The number of nitrogens with zero attached hydrogens (tertiary/aromatic N) is 1. The lowest BCUT2D eigenvalue weighted by Gasteiger charge is -2.62. The molecule has 0 radical (unpaired) electrons. The lowest BCUT2D eigenvalue weighted by Crippen LogP contribution is -2.64. The molecule has 172 valence electrons. The number of carbonyl (C=O) groups is 2. The molecule has 0 aromatic carbocycles. The second-order valence-electron chi connectivity index (χ2n) is 10.6. The van der Waals surface area contributed by atoms with Crippen molar-refractivity contribution in [2.45, 2.75) is 64.6 Å². The molecule has 3 fully saturated rings. The number of likely N-dealkylation sites (tertiary alicyclic amines) is 1. The number of methoxy groups -OCH3 is 1. The topological polar surface area (TPSA) is 65.1 Å². The van der Waals surface area contributed by atoms with Gasteiger partial charge < -0.3 is 19.1 Å². The molecule has 6 heteroatoms. The summed E-state index contributed by atoms with van der Waals surface area (Å²) in [5.41, 5.74) is 2.13. The number of carbonyl (C=O) groups excluding carboxylic acids is 2. The zero-order chi connectivity index (χ0) is 22.0. The van der Waals surface area contributed by atoms with Crippen LogP contribution in [0.2, 0.25) is 0 Å². The number of rotatable bonds is 4. The third-order valence-electron chi connectivity index (χ3n) is 9.55. The summed E-state index contributed by atoms with van der Waals surface area (Å²) in [6.07, 6.45) is 5.90. The maximum absolute atomic E-state index is 13.1. The van der Waals surface area contributed by atoms with E-state index in [2.05, 4.69) is 18.9 Å². The van der Waals surface area contributed by atoms with Crippen molar-refractivity contribution in [3.8, 4) is 0 Å². The Hall–Kier alpha value is -1.24. The predicted molar refractivity (Wildman–Crippen MR) is 115 cm³/mol. The molecule has 0 aromatic heterocycles. The molecule has 2 heterocycles. The van der Waals surface area contributed by atoms with Crippen molar-refractivity contribution in [1.29, 1.82) is 0 Å². The van der Waals surface area contributed by atoms with E-state index < -0.39 is 5.79 Å². The molecule has 6 atom stereocenters. The average molecular weight is 432 g/mol. The molecular weight excluding hydrogens is 394 g/mol. The van der Waals surface area contributed by atoms with Crippen LogP contribution in [0, 0.1) is 28.6 Å². The van der Waals surface area contributed by atoms with Crippen LogP contribution in [-0.4, -0.2) is 62.9 Å². The second kappa shape index (κ2) is 7.39. The smallest absolute Gasteiger partial charge is 0.309 e. The van der Waals surface area contributed by atoms with Crippen molar-refractivity contribution in [3.05, 3.63) is 11.1 Å². The number of esters is 1. The van der Waals surface area contributed by atoms with Gasteiger partial charge in [0.1, 0.15) is 0 Å². The summed E-state index contributed by atoms with van der Waals surface area (Å²) in [7, 11) is 3.68. The zero-order valence-corrected chi connectivity index (χ0v) is 19.5. The van der Waals surface area contributed by atoms with Gasteiger partial charge in [0.15, 0.2) is 11.6 Å². The Balaban J connectivity index is 1.63. The van der Waals surface area contributed by atoms with Gasteiger partial charge in [0.05, 0.1) is 19.6 Å². The monoisotopic (exact) mass is 431 g/mol. The summed E-state index contributed by atoms with van der Waals surface area (Å²) in [6.45, 7) is 7.41. The van der Waals surface area contributed by atoms with Crippen LogP contribution in [0.4, 0.5) is 0 Å².